The van der Waals surface area contributed by atoms with Gasteiger partial charge in [-0.1, -0.05) is 0 Å². The molecule has 0 saturated carbocycles. The SMILES string of the molecule is c1cc(OCC2CCNC2)ncn1. The van der Waals surface area contributed by atoms with Gasteiger partial charge in [0, 0.05) is 24.7 Å². The van der Waals surface area contributed by atoms with Gasteiger partial charge in [0.25, 0.3) is 0 Å². The summed E-state index contributed by atoms with van der Waals surface area (Å²) in [4.78, 5) is 7.81. The summed E-state index contributed by atoms with van der Waals surface area (Å²) >= 11 is 0. The molecular weight excluding hydrogens is 166 g/mol. The Morgan fingerprint density at radius 1 is 1.62 bits per heavy atom. The fourth-order valence-corrected chi connectivity index (χ4v) is 1.42. The number of nitrogens with one attached hydrogen (secondary N) is 1. The molecular formula is C9H13N3O. The van der Waals surface area contributed by atoms with Gasteiger partial charge in [0.2, 0.25) is 5.88 Å². The fourth-order valence-electron chi connectivity index (χ4n) is 1.42. The standard InChI is InChI=1S/C9H13N3O/c1-3-10-5-8(1)6-13-9-2-4-11-7-12-9/h2,4,7-8,10H,1,3,5-6H2. The monoisotopic (exact) mass is 179 g/mol. The average molecular weight is 179 g/mol. The summed E-state index contributed by atoms with van der Waals surface area (Å²) in [5.74, 6) is 1.30. The first-order chi connectivity index (χ1) is 6.45. The molecule has 0 amide bonds. The molecule has 1 aliphatic rings. The highest BCUT2D eigenvalue weighted by atomic mass is 16.5. The lowest BCUT2D eigenvalue weighted by molar-refractivity contribution is 0.250. The van der Waals surface area contributed by atoms with E-state index in [0.717, 1.165) is 19.7 Å². The Morgan fingerprint density at radius 3 is 3.31 bits per heavy atom. The van der Waals surface area contributed by atoms with Crippen molar-refractivity contribution in [3.63, 3.8) is 0 Å². The van der Waals surface area contributed by atoms with E-state index in [-0.39, 0.29) is 0 Å². The first-order valence-electron chi connectivity index (χ1n) is 4.54. The number of ether oxygens (including phenoxy) is 1. The largest absolute Gasteiger partial charge is 0.477 e. The Balaban J connectivity index is 1.79. The van der Waals surface area contributed by atoms with Crippen molar-refractivity contribution in [1.82, 2.24) is 15.3 Å². The van der Waals surface area contributed by atoms with Crippen LogP contribution < -0.4 is 10.1 Å². The Bertz CT molecular complexity index is 246. The maximum atomic E-state index is 5.50. The highest BCUT2D eigenvalue weighted by Crippen LogP contribution is 2.10. The molecule has 1 unspecified atom stereocenters. The van der Waals surface area contributed by atoms with Gasteiger partial charge in [-0.15, -0.1) is 0 Å². The highest BCUT2D eigenvalue weighted by Gasteiger charge is 2.14. The smallest absolute Gasteiger partial charge is 0.216 e. The van der Waals surface area contributed by atoms with E-state index in [2.05, 4.69) is 15.3 Å². The minimum Gasteiger partial charge on any atom is -0.477 e. The lowest BCUT2D eigenvalue weighted by Gasteiger charge is -2.08. The van der Waals surface area contributed by atoms with E-state index >= 15 is 0 Å². The lowest BCUT2D eigenvalue weighted by Crippen LogP contribution is -2.15. The number of hydrogen-bond acceptors (Lipinski definition) is 4. The summed E-state index contributed by atoms with van der Waals surface area (Å²) in [6, 6.07) is 1.78. The molecule has 70 valence electrons. The lowest BCUT2D eigenvalue weighted by atomic mass is 10.1. The predicted octanol–water partition coefficient (Wildman–Crippen LogP) is 0.465. The number of aromatic nitrogens is 2. The van der Waals surface area contributed by atoms with Crippen molar-refractivity contribution >= 4 is 0 Å². The molecule has 4 nitrogen and oxygen atoms in total. The van der Waals surface area contributed by atoms with Crippen molar-refractivity contribution < 1.29 is 4.74 Å². The second-order valence-electron chi connectivity index (χ2n) is 3.22. The van der Waals surface area contributed by atoms with Crippen LogP contribution in [0.3, 0.4) is 0 Å². The Morgan fingerprint density at radius 2 is 2.62 bits per heavy atom. The number of rotatable bonds is 3. The molecule has 4 heteroatoms. The minimum atomic E-state index is 0.634. The average Bonchev–Trinajstić information content (AvgIpc) is 2.69. The van der Waals surface area contributed by atoms with Gasteiger partial charge < -0.3 is 10.1 Å². The fraction of sp³-hybridized carbons (Fsp3) is 0.556. The Labute approximate surface area is 77.4 Å². The summed E-state index contributed by atoms with van der Waals surface area (Å²) in [6.07, 6.45) is 4.39. The molecule has 1 N–H and O–H groups in total. The molecule has 0 radical (unpaired) electrons. The first kappa shape index (κ1) is 8.44. The second-order valence-corrected chi connectivity index (χ2v) is 3.22. The van der Waals surface area contributed by atoms with Crippen molar-refractivity contribution in [2.45, 2.75) is 6.42 Å². The maximum absolute atomic E-state index is 5.50. The van der Waals surface area contributed by atoms with E-state index < -0.39 is 0 Å². The van der Waals surface area contributed by atoms with E-state index in [1.807, 2.05) is 0 Å². The molecule has 1 fully saturated rings. The van der Waals surface area contributed by atoms with Gasteiger partial charge in [0.1, 0.15) is 6.33 Å². The van der Waals surface area contributed by atoms with Crippen molar-refractivity contribution in [2.75, 3.05) is 19.7 Å². The van der Waals surface area contributed by atoms with Gasteiger partial charge in [-0.05, 0) is 13.0 Å². The molecule has 1 aliphatic heterocycles. The zero-order valence-electron chi connectivity index (χ0n) is 7.44. The molecule has 1 aromatic heterocycles. The summed E-state index contributed by atoms with van der Waals surface area (Å²) in [7, 11) is 0. The molecule has 1 atom stereocenters. The van der Waals surface area contributed by atoms with Crippen LogP contribution in [0.1, 0.15) is 6.42 Å². The highest BCUT2D eigenvalue weighted by molar-refractivity contribution is 5.04. The first-order valence-corrected chi connectivity index (χ1v) is 4.54. The molecule has 0 aromatic carbocycles. The molecule has 0 spiro atoms. The van der Waals surface area contributed by atoms with Crippen LogP contribution in [0.5, 0.6) is 5.88 Å². The maximum Gasteiger partial charge on any atom is 0.216 e. The Kier molecular flexibility index (Phi) is 2.72. The van der Waals surface area contributed by atoms with Crippen molar-refractivity contribution in [3.05, 3.63) is 18.6 Å². The minimum absolute atomic E-state index is 0.634. The zero-order chi connectivity index (χ0) is 8.93. The Hall–Kier alpha value is -1.16. The van der Waals surface area contributed by atoms with E-state index in [1.54, 1.807) is 12.3 Å². The van der Waals surface area contributed by atoms with Crippen LogP contribution in [0.2, 0.25) is 0 Å². The van der Waals surface area contributed by atoms with Crippen molar-refractivity contribution in [1.29, 1.82) is 0 Å². The molecule has 2 heterocycles. The molecule has 1 aromatic rings. The third-order valence-electron chi connectivity index (χ3n) is 2.18. The molecule has 0 bridgehead atoms. The third kappa shape index (κ3) is 2.39. The van der Waals surface area contributed by atoms with Crippen LogP contribution in [0.15, 0.2) is 18.6 Å². The van der Waals surface area contributed by atoms with Crippen molar-refractivity contribution in [3.8, 4) is 5.88 Å². The predicted molar refractivity (Wildman–Crippen MR) is 48.5 cm³/mol. The molecule has 2 rings (SSSR count). The molecule has 1 saturated heterocycles. The van der Waals surface area contributed by atoms with Gasteiger partial charge >= 0.3 is 0 Å². The van der Waals surface area contributed by atoms with Gasteiger partial charge in [-0.25, -0.2) is 9.97 Å². The number of hydrogen-bond donors (Lipinski definition) is 1. The third-order valence-corrected chi connectivity index (χ3v) is 2.18. The summed E-state index contributed by atoms with van der Waals surface area (Å²) in [6.45, 7) is 2.92. The van der Waals surface area contributed by atoms with Gasteiger partial charge in [0.15, 0.2) is 0 Å². The number of nitrogens with zero attached hydrogens (tertiary/aromatic N) is 2. The molecule has 0 aliphatic carbocycles. The normalized spacial score (nSPS) is 21.7. The van der Waals surface area contributed by atoms with E-state index in [4.69, 9.17) is 4.74 Å². The zero-order valence-corrected chi connectivity index (χ0v) is 7.44. The van der Waals surface area contributed by atoms with Crippen LogP contribution >= 0.6 is 0 Å². The van der Waals surface area contributed by atoms with Crippen LogP contribution in [0, 0.1) is 5.92 Å². The second kappa shape index (κ2) is 4.18. The molecule has 13 heavy (non-hydrogen) atoms. The van der Waals surface area contributed by atoms with Crippen LogP contribution in [0.25, 0.3) is 0 Å². The van der Waals surface area contributed by atoms with Gasteiger partial charge in [0.05, 0.1) is 6.61 Å². The topological polar surface area (TPSA) is 47.0 Å². The van der Waals surface area contributed by atoms with E-state index in [1.165, 1.54) is 12.7 Å². The summed E-state index contributed by atoms with van der Waals surface area (Å²) < 4.78 is 5.50. The van der Waals surface area contributed by atoms with Gasteiger partial charge in [-0.3, -0.25) is 0 Å². The summed E-state index contributed by atoms with van der Waals surface area (Å²) in [5, 5.41) is 3.30. The van der Waals surface area contributed by atoms with Gasteiger partial charge in [-0.2, -0.15) is 0 Å². The van der Waals surface area contributed by atoms with E-state index in [9.17, 15) is 0 Å². The van der Waals surface area contributed by atoms with Crippen molar-refractivity contribution in [2.24, 2.45) is 5.92 Å². The quantitative estimate of drug-likeness (QED) is 0.732. The van der Waals surface area contributed by atoms with Crippen LogP contribution in [0.4, 0.5) is 0 Å². The van der Waals surface area contributed by atoms with Crippen LogP contribution in [-0.2, 0) is 0 Å². The summed E-state index contributed by atoms with van der Waals surface area (Å²) in [5.41, 5.74) is 0. The van der Waals surface area contributed by atoms with Crippen LogP contribution in [-0.4, -0.2) is 29.7 Å². The van der Waals surface area contributed by atoms with E-state index in [0.29, 0.717) is 11.8 Å².